The van der Waals surface area contributed by atoms with Crippen molar-refractivity contribution >= 4 is 11.4 Å². The van der Waals surface area contributed by atoms with Gasteiger partial charge in [-0.1, -0.05) is 6.07 Å². The molecule has 1 atom stereocenters. The molecule has 0 aliphatic carbocycles. The monoisotopic (exact) mass is 266 g/mol. The molecule has 0 saturated carbocycles. The van der Waals surface area contributed by atoms with E-state index in [1.54, 1.807) is 12.1 Å². The number of benzene rings is 1. The van der Waals surface area contributed by atoms with Gasteiger partial charge in [-0.3, -0.25) is 10.1 Å². The molecule has 0 radical (unpaired) electrons. The SMILES string of the molecule is CN(CC1CCCO1)c1ccc(CO)cc1[N+](=O)[O-]. The molecule has 1 aliphatic rings. The van der Waals surface area contributed by atoms with Gasteiger partial charge in [-0.25, -0.2) is 0 Å². The fourth-order valence-corrected chi connectivity index (χ4v) is 2.33. The molecule has 1 unspecified atom stereocenters. The second-order valence-corrected chi connectivity index (χ2v) is 4.75. The third kappa shape index (κ3) is 3.21. The number of hydrogen-bond donors (Lipinski definition) is 1. The predicted octanol–water partition coefficient (Wildman–Crippen LogP) is 1.70. The van der Waals surface area contributed by atoms with Gasteiger partial charge in [-0.2, -0.15) is 0 Å². The molecule has 2 rings (SSSR count). The highest BCUT2D eigenvalue weighted by molar-refractivity contribution is 5.64. The van der Waals surface area contributed by atoms with Crippen LogP contribution in [0.1, 0.15) is 18.4 Å². The largest absolute Gasteiger partial charge is 0.392 e. The topological polar surface area (TPSA) is 75.8 Å². The Kier molecular flexibility index (Phi) is 4.34. The lowest BCUT2D eigenvalue weighted by atomic mass is 10.1. The Morgan fingerprint density at radius 3 is 2.95 bits per heavy atom. The molecular weight excluding hydrogens is 248 g/mol. The van der Waals surface area contributed by atoms with Gasteiger partial charge in [0.25, 0.3) is 5.69 Å². The first kappa shape index (κ1) is 13.8. The number of likely N-dealkylation sites (N-methyl/N-ethyl adjacent to an activating group) is 1. The number of ether oxygens (including phenoxy) is 1. The second-order valence-electron chi connectivity index (χ2n) is 4.75. The average molecular weight is 266 g/mol. The van der Waals surface area contributed by atoms with E-state index in [0.29, 0.717) is 17.8 Å². The highest BCUT2D eigenvalue weighted by Gasteiger charge is 2.22. The number of rotatable bonds is 5. The average Bonchev–Trinajstić information content (AvgIpc) is 2.90. The highest BCUT2D eigenvalue weighted by atomic mass is 16.6. The molecule has 1 aliphatic heterocycles. The molecule has 1 saturated heterocycles. The maximum absolute atomic E-state index is 11.1. The molecule has 1 fully saturated rings. The summed E-state index contributed by atoms with van der Waals surface area (Å²) in [6.45, 7) is 1.21. The van der Waals surface area contributed by atoms with Crippen molar-refractivity contribution in [1.82, 2.24) is 0 Å². The standard InChI is InChI=1S/C13H18N2O4/c1-14(8-11-3-2-6-19-11)12-5-4-10(9-16)7-13(12)15(17)18/h4-5,7,11,16H,2-3,6,8-9H2,1H3. The molecule has 1 aromatic rings. The van der Waals surface area contributed by atoms with Gasteiger partial charge in [0.05, 0.1) is 17.6 Å². The van der Waals surface area contributed by atoms with Crippen LogP contribution >= 0.6 is 0 Å². The first-order valence-corrected chi connectivity index (χ1v) is 6.32. The molecule has 1 N–H and O–H groups in total. The third-order valence-corrected chi connectivity index (χ3v) is 3.33. The van der Waals surface area contributed by atoms with Gasteiger partial charge in [-0.15, -0.1) is 0 Å². The number of nitro groups is 1. The summed E-state index contributed by atoms with van der Waals surface area (Å²) >= 11 is 0. The Balaban J connectivity index is 2.19. The van der Waals surface area contributed by atoms with Gasteiger partial charge in [0.2, 0.25) is 0 Å². The van der Waals surface area contributed by atoms with Crippen LogP contribution in [0.15, 0.2) is 18.2 Å². The van der Waals surface area contributed by atoms with Crippen molar-refractivity contribution in [2.75, 3.05) is 25.1 Å². The van der Waals surface area contributed by atoms with Crippen LogP contribution in [0, 0.1) is 10.1 Å². The number of nitrogens with zero attached hydrogens (tertiary/aromatic N) is 2. The Labute approximate surface area is 111 Å². The van der Waals surface area contributed by atoms with E-state index in [-0.39, 0.29) is 18.4 Å². The first-order valence-electron chi connectivity index (χ1n) is 6.32. The van der Waals surface area contributed by atoms with Crippen LogP contribution in [0.5, 0.6) is 0 Å². The van der Waals surface area contributed by atoms with E-state index >= 15 is 0 Å². The number of aliphatic hydroxyl groups excluding tert-OH is 1. The van der Waals surface area contributed by atoms with E-state index in [4.69, 9.17) is 9.84 Å². The van der Waals surface area contributed by atoms with Gasteiger partial charge in [-0.05, 0) is 24.5 Å². The van der Waals surface area contributed by atoms with Crippen molar-refractivity contribution in [3.05, 3.63) is 33.9 Å². The fourth-order valence-electron chi connectivity index (χ4n) is 2.33. The van der Waals surface area contributed by atoms with E-state index in [1.807, 2.05) is 11.9 Å². The molecule has 1 aromatic carbocycles. The lowest BCUT2D eigenvalue weighted by molar-refractivity contribution is -0.384. The molecule has 6 heteroatoms. The molecule has 0 bridgehead atoms. The summed E-state index contributed by atoms with van der Waals surface area (Å²) in [6.07, 6.45) is 2.18. The number of anilines is 1. The zero-order valence-corrected chi connectivity index (χ0v) is 10.9. The normalized spacial score (nSPS) is 18.5. The molecular formula is C13H18N2O4. The van der Waals surface area contributed by atoms with Crippen LogP contribution in [0.3, 0.4) is 0 Å². The molecule has 6 nitrogen and oxygen atoms in total. The Morgan fingerprint density at radius 2 is 2.37 bits per heavy atom. The molecule has 0 aromatic heterocycles. The Morgan fingerprint density at radius 1 is 1.58 bits per heavy atom. The van der Waals surface area contributed by atoms with Crippen LogP contribution in [0.2, 0.25) is 0 Å². The van der Waals surface area contributed by atoms with Crippen LogP contribution in [0.25, 0.3) is 0 Å². The maximum atomic E-state index is 11.1. The molecule has 0 amide bonds. The minimum absolute atomic E-state index is 0.0204. The van der Waals surface area contributed by atoms with Gasteiger partial charge in [0.1, 0.15) is 5.69 Å². The van der Waals surface area contributed by atoms with Crippen LogP contribution in [-0.4, -0.2) is 36.3 Å². The Hall–Kier alpha value is -1.66. The zero-order valence-electron chi connectivity index (χ0n) is 10.9. The van der Waals surface area contributed by atoms with Crippen molar-refractivity contribution in [3.8, 4) is 0 Å². The molecule has 104 valence electrons. The first-order chi connectivity index (χ1) is 9.11. The number of aliphatic hydroxyl groups is 1. The number of nitro benzene ring substituents is 1. The van der Waals surface area contributed by atoms with Crippen LogP contribution < -0.4 is 4.90 Å². The fraction of sp³-hybridized carbons (Fsp3) is 0.538. The summed E-state index contributed by atoms with van der Waals surface area (Å²) in [7, 11) is 1.82. The van der Waals surface area contributed by atoms with Crippen molar-refractivity contribution in [2.24, 2.45) is 0 Å². The third-order valence-electron chi connectivity index (χ3n) is 3.33. The lowest BCUT2D eigenvalue weighted by Gasteiger charge is -2.22. The van der Waals surface area contributed by atoms with E-state index in [9.17, 15) is 10.1 Å². The molecule has 19 heavy (non-hydrogen) atoms. The van der Waals surface area contributed by atoms with E-state index in [1.165, 1.54) is 6.07 Å². The molecule has 0 spiro atoms. The minimum Gasteiger partial charge on any atom is -0.392 e. The van der Waals surface area contributed by atoms with Crippen molar-refractivity contribution < 1.29 is 14.8 Å². The van der Waals surface area contributed by atoms with Gasteiger partial charge in [0.15, 0.2) is 0 Å². The van der Waals surface area contributed by atoms with Crippen molar-refractivity contribution in [3.63, 3.8) is 0 Å². The summed E-state index contributed by atoms with van der Waals surface area (Å²) < 4.78 is 5.54. The summed E-state index contributed by atoms with van der Waals surface area (Å²) in [5.74, 6) is 0. The van der Waals surface area contributed by atoms with Crippen LogP contribution in [0.4, 0.5) is 11.4 Å². The van der Waals surface area contributed by atoms with Gasteiger partial charge < -0.3 is 14.7 Å². The van der Waals surface area contributed by atoms with E-state index in [0.717, 1.165) is 19.4 Å². The van der Waals surface area contributed by atoms with Gasteiger partial charge in [0, 0.05) is 26.3 Å². The smallest absolute Gasteiger partial charge is 0.292 e. The maximum Gasteiger partial charge on any atom is 0.292 e. The van der Waals surface area contributed by atoms with Crippen molar-refractivity contribution in [1.29, 1.82) is 0 Å². The van der Waals surface area contributed by atoms with E-state index < -0.39 is 4.92 Å². The zero-order chi connectivity index (χ0) is 13.8. The summed E-state index contributed by atoms with van der Waals surface area (Å²) in [6, 6.07) is 4.80. The molecule has 1 heterocycles. The predicted molar refractivity (Wildman–Crippen MR) is 71.3 cm³/mol. The number of hydrogen-bond acceptors (Lipinski definition) is 5. The quantitative estimate of drug-likeness (QED) is 0.648. The van der Waals surface area contributed by atoms with Gasteiger partial charge >= 0.3 is 0 Å². The summed E-state index contributed by atoms with van der Waals surface area (Å²) in [5, 5.41) is 20.1. The minimum atomic E-state index is -0.416. The summed E-state index contributed by atoms with van der Waals surface area (Å²) in [5.41, 5.74) is 1.12. The Bertz CT molecular complexity index is 458. The highest BCUT2D eigenvalue weighted by Crippen LogP contribution is 2.29. The second kappa shape index (κ2) is 5.99. The lowest BCUT2D eigenvalue weighted by Crippen LogP contribution is -2.29. The summed E-state index contributed by atoms with van der Waals surface area (Å²) in [4.78, 5) is 12.5. The van der Waals surface area contributed by atoms with Crippen molar-refractivity contribution in [2.45, 2.75) is 25.6 Å². The van der Waals surface area contributed by atoms with E-state index in [2.05, 4.69) is 0 Å². The van der Waals surface area contributed by atoms with Crippen LogP contribution in [-0.2, 0) is 11.3 Å².